The maximum atomic E-state index is 11.9. The molecule has 7 nitrogen and oxygen atoms in total. The second kappa shape index (κ2) is 6.87. The van der Waals surface area contributed by atoms with Crippen LogP contribution in [0.4, 0.5) is 5.82 Å². The van der Waals surface area contributed by atoms with Crippen LogP contribution in [0.3, 0.4) is 0 Å². The summed E-state index contributed by atoms with van der Waals surface area (Å²) in [7, 11) is 1.57. The van der Waals surface area contributed by atoms with Crippen molar-refractivity contribution in [2.45, 2.75) is 6.54 Å². The fourth-order valence-electron chi connectivity index (χ4n) is 1.39. The minimum Gasteiger partial charge on any atom is -0.395 e. The minimum absolute atomic E-state index is 0.0727. The van der Waals surface area contributed by atoms with E-state index >= 15 is 0 Å². The molecule has 0 fully saturated rings. The maximum Gasteiger partial charge on any atom is 0.244 e. The summed E-state index contributed by atoms with van der Waals surface area (Å²) in [5.41, 5.74) is 5.45. The number of anilines is 1. The zero-order chi connectivity index (χ0) is 12.7. The van der Waals surface area contributed by atoms with Gasteiger partial charge in [-0.2, -0.15) is 5.10 Å². The molecule has 1 aromatic rings. The Labute approximate surface area is 99.8 Å². The van der Waals surface area contributed by atoms with Gasteiger partial charge in [0.05, 0.1) is 13.2 Å². The van der Waals surface area contributed by atoms with Gasteiger partial charge >= 0.3 is 0 Å². The van der Waals surface area contributed by atoms with Crippen LogP contribution in [0.15, 0.2) is 12.3 Å². The number of nitrogen functional groups attached to an aromatic ring is 1. The van der Waals surface area contributed by atoms with Crippen molar-refractivity contribution in [3.05, 3.63) is 12.3 Å². The summed E-state index contributed by atoms with van der Waals surface area (Å²) >= 11 is 0. The summed E-state index contributed by atoms with van der Waals surface area (Å²) in [6, 6.07) is 1.62. The van der Waals surface area contributed by atoms with Crippen LogP contribution in [0.1, 0.15) is 0 Å². The Kier molecular flexibility index (Phi) is 5.44. The first-order chi connectivity index (χ1) is 8.17. The normalized spacial score (nSPS) is 10.5. The van der Waals surface area contributed by atoms with E-state index in [1.54, 1.807) is 19.4 Å². The van der Waals surface area contributed by atoms with Gasteiger partial charge < -0.3 is 20.5 Å². The smallest absolute Gasteiger partial charge is 0.244 e. The number of ether oxygens (including phenoxy) is 1. The van der Waals surface area contributed by atoms with Gasteiger partial charge in [0.2, 0.25) is 5.91 Å². The molecule has 0 aromatic carbocycles. The van der Waals surface area contributed by atoms with E-state index in [0.29, 0.717) is 25.5 Å². The zero-order valence-electron chi connectivity index (χ0n) is 9.87. The van der Waals surface area contributed by atoms with E-state index in [9.17, 15) is 4.79 Å². The standard InChI is InChI=1S/C10H18N4O3/c1-17-7-5-13(4-6-15)10(16)8-14-3-2-9(11)12-14/h2-3,15H,4-8H2,1H3,(H2,11,12). The molecule has 1 heterocycles. The number of carbonyl (C=O) groups is 1. The van der Waals surface area contributed by atoms with Gasteiger partial charge in [0.1, 0.15) is 12.4 Å². The first-order valence-corrected chi connectivity index (χ1v) is 5.34. The summed E-state index contributed by atoms with van der Waals surface area (Å²) in [6.07, 6.45) is 1.64. The lowest BCUT2D eigenvalue weighted by Gasteiger charge is -2.21. The average Bonchev–Trinajstić information content (AvgIpc) is 2.70. The van der Waals surface area contributed by atoms with Crippen LogP contribution in [0.5, 0.6) is 0 Å². The average molecular weight is 242 g/mol. The topological polar surface area (TPSA) is 93.6 Å². The Morgan fingerprint density at radius 2 is 2.41 bits per heavy atom. The summed E-state index contributed by atoms with van der Waals surface area (Å²) in [4.78, 5) is 13.4. The number of aliphatic hydroxyl groups is 1. The molecule has 0 bridgehead atoms. The van der Waals surface area contributed by atoms with E-state index in [1.807, 2.05) is 0 Å². The van der Waals surface area contributed by atoms with Gasteiger partial charge in [-0.05, 0) is 6.07 Å². The maximum absolute atomic E-state index is 11.9. The highest BCUT2D eigenvalue weighted by Crippen LogP contribution is 1.98. The van der Waals surface area contributed by atoms with E-state index in [2.05, 4.69) is 5.10 Å². The lowest BCUT2D eigenvalue weighted by molar-refractivity contribution is -0.133. The van der Waals surface area contributed by atoms with Crippen LogP contribution in [0.2, 0.25) is 0 Å². The first kappa shape index (κ1) is 13.5. The fourth-order valence-corrected chi connectivity index (χ4v) is 1.39. The van der Waals surface area contributed by atoms with Gasteiger partial charge in [-0.1, -0.05) is 0 Å². The van der Waals surface area contributed by atoms with E-state index in [-0.39, 0.29) is 19.1 Å². The Morgan fingerprint density at radius 3 is 2.94 bits per heavy atom. The molecule has 0 saturated heterocycles. The Morgan fingerprint density at radius 1 is 1.65 bits per heavy atom. The highest BCUT2D eigenvalue weighted by Gasteiger charge is 2.13. The monoisotopic (exact) mass is 242 g/mol. The molecule has 7 heteroatoms. The number of rotatable bonds is 7. The molecule has 0 aliphatic heterocycles. The molecule has 0 saturated carbocycles. The van der Waals surface area contributed by atoms with Crippen molar-refractivity contribution in [3.8, 4) is 0 Å². The van der Waals surface area contributed by atoms with E-state index < -0.39 is 0 Å². The minimum atomic E-state index is -0.126. The Balaban J connectivity index is 2.52. The third kappa shape index (κ3) is 4.41. The summed E-state index contributed by atoms with van der Waals surface area (Å²) in [5.74, 6) is 0.252. The number of nitrogens with zero attached hydrogens (tertiary/aromatic N) is 3. The molecule has 0 aliphatic rings. The van der Waals surface area contributed by atoms with Crippen LogP contribution in [-0.2, 0) is 16.1 Å². The fraction of sp³-hybridized carbons (Fsp3) is 0.600. The predicted octanol–water partition coefficient (Wildman–Crippen LogP) is -1.07. The molecule has 0 unspecified atom stereocenters. The van der Waals surface area contributed by atoms with Crippen LogP contribution in [0.25, 0.3) is 0 Å². The quantitative estimate of drug-likeness (QED) is 0.635. The molecular weight excluding hydrogens is 224 g/mol. The van der Waals surface area contributed by atoms with Crippen molar-refractivity contribution in [1.29, 1.82) is 0 Å². The van der Waals surface area contributed by atoms with Gasteiger partial charge in [-0.3, -0.25) is 9.48 Å². The van der Waals surface area contributed by atoms with Crippen molar-refractivity contribution in [2.75, 3.05) is 39.1 Å². The lowest BCUT2D eigenvalue weighted by atomic mass is 10.4. The highest BCUT2D eigenvalue weighted by atomic mass is 16.5. The molecule has 0 atom stereocenters. The molecule has 1 rings (SSSR count). The summed E-state index contributed by atoms with van der Waals surface area (Å²) < 4.78 is 6.37. The summed E-state index contributed by atoms with van der Waals surface area (Å²) in [5, 5.41) is 12.8. The number of amides is 1. The largest absolute Gasteiger partial charge is 0.395 e. The number of carbonyl (C=O) groups excluding carboxylic acids is 1. The summed E-state index contributed by atoms with van der Waals surface area (Å²) in [6.45, 7) is 1.22. The Hall–Kier alpha value is -1.60. The van der Waals surface area contributed by atoms with Gasteiger partial charge in [0, 0.05) is 26.4 Å². The molecule has 96 valence electrons. The van der Waals surface area contributed by atoms with Crippen molar-refractivity contribution < 1.29 is 14.6 Å². The first-order valence-electron chi connectivity index (χ1n) is 5.34. The molecule has 17 heavy (non-hydrogen) atoms. The Bertz CT molecular complexity index is 353. The SMILES string of the molecule is COCCN(CCO)C(=O)Cn1ccc(N)n1. The number of aliphatic hydroxyl groups excluding tert-OH is 1. The van der Waals surface area contributed by atoms with Gasteiger partial charge in [0.25, 0.3) is 0 Å². The third-order valence-corrected chi connectivity index (χ3v) is 2.25. The predicted molar refractivity (Wildman–Crippen MR) is 62.2 cm³/mol. The van der Waals surface area contributed by atoms with Crippen LogP contribution >= 0.6 is 0 Å². The number of hydrogen-bond donors (Lipinski definition) is 2. The molecule has 1 aromatic heterocycles. The van der Waals surface area contributed by atoms with E-state index in [0.717, 1.165) is 0 Å². The second-order valence-electron chi connectivity index (χ2n) is 3.54. The zero-order valence-corrected chi connectivity index (χ0v) is 9.87. The molecular formula is C10H18N4O3. The van der Waals surface area contributed by atoms with Crippen molar-refractivity contribution in [2.24, 2.45) is 0 Å². The van der Waals surface area contributed by atoms with Crippen molar-refractivity contribution in [1.82, 2.24) is 14.7 Å². The van der Waals surface area contributed by atoms with E-state index in [1.165, 1.54) is 9.58 Å². The number of aromatic nitrogens is 2. The molecule has 0 radical (unpaired) electrons. The van der Waals surface area contributed by atoms with E-state index in [4.69, 9.17) is 15.6 Å². The highest BCUT2D eigenvalue weighted by molar-refractivity contribution is 5.75. The third-order valence-electron chi connectivity index (χ3n) is 2.25. The van der Waals surface area contributed by atoms with Crippen LogP contribution < -0.4 is 5.73 Å². The van der Waals surface area contributed by atoms with Gasteiger partial charge in [-0.15, -0.1) is 0 Å². The van der Waals surface area contributed by atoms with Gasteiger partial charge in [-0.25, -0.2) is 0 Å². The van der Waals surface area contributed by atoms with Crippen LogP contribution in [0, 0.1) is 0 Å². The number of methoxy groups -OCH3 is 1. The number of hydrogen-bond acceptors (Lipinski definition) is 5. The molecule has 0 spiro atoms. The van der Waals surface area contributed by atoms with Crippen molar-refractivity contribution >= 4 is 11.7 Å². The molecule has 3 N–H and O–H groups in total. The molecule has 0 aliphatic carbocycles. The molecule has 1 amide bonds. The second-order valence-corrected chi connectivity index (χ2v) is 3.54. The van der Waals surface area contributed by atoms with Crippen molar-refractivity contribution in [3.63, 3.8) is 0 Å². The van der Waals surface area contributed by atoms with Crippen LogP contribution in [-0.4, -0.2) is 59.1 Å². The lowest BCUT2D eigenvalue weighted by Crippen LogP contribution is -2.38. The number of nitrogens with two attached hydrogens (primary N) is 1. The van der Waals surface area contributed by atoms with Gasteiger partial charge in [0.15, 0.2) is 0 Å².